The Morgan fingerprint density at radius 3 is 2.72 bits per heavy atom. The number of nitrogens with zero attached hydrogens (tertiary/aromatic N) is 1. The van der Waals surface area contributed by atoms with Gasteiger partial charge in [-0.15, -0.1) is 0 Å². The molecule has 2 rings (SSSR count). The zero-order valence-electron chi connectivity index (χ0n) is 11.1. The lowest BCUT2D eigenvalue weighted by molar-refractivity contribution is 0.376. The zero-order valence-corrected chi connectivity index (χ0v) is 11.1. The molecule has 0 saturated carbocycles. The molecule has 2 nitrogen and oxygen atoms in total. The highest BCUT2D eigenvalue weighted by Gasteiger charge is 2.17. The second-order valence-corrected chi connectivity index (χ2v) is 5.65. The van der Waals surface area contributed by atoms with Gasteiger partial charge in [0.2, 0.25) is 0 Å². The van der Waals surface area contributed by atoms with E-state index >= 15 is 0 Å². The van der Waals surface area contributed by atoms with Crippen molar-refractivity contribution in [2.75, 3.05) is 6.54 Å². The second kappa shape index (κ2) is 4.65. The lowest BCUT2D eigenvalue weighted by atomic mass is 9.85. The first-order chi connectivity index (χ1) is 8.43. The average molecular weight is 246 g/mol. The summed E-state index contributed by atoms with van der Waals surface area (Å²) in [5, 5.41) is 0.889. The van der Waals surface area contributed by atoms with Crippen LogP contribution in [0.25, 0.3) is 10.9 Å². The lowest BCUT2D eigenvalue weighted by Crippen LogP contribution is -2.25. The quantitative estimate of drug-likeness (QED) is 0.903. The SMILES string of the molecule is Cc1ccnc2c(F)cc(CC(C)(C)CN)cc12. The Morgan fingerprint density at radius 2 is 2.06 bits per heavy atom. The van der Waals surface area contributed by atoms with Gasteiger partial charge >= 0.3 is 0 Å². The molecule has 2 N–H and O–H groups in total. The third-order valence-corrected chi connectivity index (χ3v) is 3.31. The summed E-state index contributed by atoms with van der Waals surface area (Å²) in [5.74, 6) is -0.251. The van der Waals surface area contributed by atoms with Crippen molar-refractivity contribution in [1.82, 2.24) is 4.98 Å². The summed E-state index contributed by atoms with van der Waals surface area (Å²) < 4.78 is 14.0. The van der Waals surface area contributed by atoms with Gasteiger partial charge in [0.05, 0.1) is 0 Å². The number of nitrogens with two attached hydrogens (primary N) is 1. The van der Waals surface area contributed by atoms with Gasteiger partial charge in [0.15, 0.2) is 0 Å². The van der Waals surface area contributed by atoms with Crippen LogP contribution in [0.5, 0.6) is 0 Å². The molecule has 3 heteroatoms. The van der Waals surface area contributed by atoms with Gasteiger partial charge in [0.1, 0.15) is 11.3 Å². The van der Waals surface area contributed by atoms with Gasteiger partial charge in [-0.25, -0.2) is 4.39 Å². The first-order valence-electron chi connectivity index (χ1n) is 6.17. The number of hydrogen-bond acceptors (Lipinski definition) is 2. The fraction of sp³-hybridized carbons (Fsp3) is 0.400. The maximum atomic E-state index is 14.0. The van der Waals surface area contributed by atoms with E-state index in [1.165, 1.54) is 0 Å². The predicted molar refractivity (Wildman–Crippen MR) is 73.0 cm³/mol. The molecule has 0 fully saturated rings. The van der Waals surface area contributed by atoms with Gasteiger partial charge in [0, 0.05) is 11.6 Å². The zero-order chi connectivity index (χ0) is 13.3. The van der Waals surface area contributed by atoms with Crippen molar-refractivity contribution in [3.8, 4) is 0 Å². The highest BCUT2D eigenvalue weighted by Crippen LogP contribution is 2.26. The monoisotopic (exact) mass is 246 g/mol. The van der Waals surface area contributed by atoms with Crippen molar-refractivity contribution in [1.29, 1.82) is 0 Å². The number of benzene rings is 1. The smallest absolute Gasteiger partial charge is 0.149 e. The number of hydrogen-bond donors (Lipinski definition) is 1. The Morgan fingerprint density at radius 1 is 1.33 bits per heavy atom. The van der Waals surface area contributed by atoms with E-state index < -0.39 is 0 Å². The number of aromatic nitrogens is 1. The molecule has 18 heavy (non-hydrogen) atoms. The van der Waals surface area contributed by atoms with Crippen LogP contribution in [0.2, 0.25) is 0 Å². The molecular formula is C15H19FN2. The van der Waals surface area contributed by atoms with E-state index in [-0.39, 0.29) is 11.2 Å². The Hall–Kier alpha value is -1.48. The molecule has 0 unspecified atom stereocenters. The van der Waals surface area contributed by atoms with Crippen LogP contribution in [-0.2, 0) is 6.42 Å². The van der Waals surface area contributed by atoms with Crippen molar-refractivity contribution in [3.63, 3.8) is 0 Å². The Bertz CT molecular complexity index is 576. The summed E-state index contributed by atoms with van der Waals surface area (Å²) in [6.45, 7) is 6.73. The van der Waals surface area contributed by atoms with E-state index in [0.717, 1.165) is 22.9 Å². The van der Waals surface area contributed by atoms with E-state index in [1.54, 1.807) is 12.3 Å². The van der Waals surface area contributed by atoms with Crippen molar-refractivity contribution in [2.24, 2.45) is 11.1 Å². The molecule has 0 aliphatic heterocycles. The third-order valence-electron chi connectivity index (χ3n) is 3.31. The molecule has 96 valence electrons. The van der Waals surface area contributed by atoms with Gasteiger partial charge in [-0.3, -0.25) is 4.98 Å². The highest BCUT2D eigenvalue weighted by atomic mass is 19.1. The summed E-state index contributed by atoms with van der Waals surface area (Å²) in [5.41, 5.74) is 8.19. The van der Waals surface area contributed by atoms with Crippen molar-refractivity contribution in [3.05, 3.63) is 41.3 Å². The molecule has 1 heterocycles. The Balaban J connectivity index is 2.52. The van der Waals surface area contributed by atoms with Crippen molar-refractivity contribution in [2.45, 2.75) is 27.2 Å². The van der Waals surface area contributed by atoms with Crippen LogP contribution in [-0.4, -0.2) is 11.5 Å². The number of halogens is 1. The van der Waals surface area contributed by atoms with Gasteiger partial charge < -0.3 is 5.73 Å². The summed E-state index contributed by atoms with van der Waals surface area (Å²) >= 11 is 0. The third kappa shape index (κ3) is 2.51. The lowest BCUT2D eigenvalue weighted by Gasteiger charge is -2.22. The number of fused-ring (bicyclic) bond motifs is 1. The second-order valence-electron chi connectivity index (χ2n) is 5.65. The van der Waals surface area contributed by atoms with Crippen LogP contribution in [0.15, 0.2) is 24.4 Å². The van der Waals surface area contributed by atoms with Gasteiger partial charge in [-0.05, 0) is 54.6 Å². The first-order valence-corrected chi connectivity index (χ1v) is 6.17. The van der Waals surface area contributed by atoms with Gasteiger partial charge in [-0.1, -0.05) is 13.8 Å². The first kappa shape index (κ1) is 13.0. The minimum Gasteiger partial charge on any atom is -0.330 e. The van der Waals surface area contributed by atoms with Gasteiger partial charge in [0.25, 0.3) is 0 Å². The van der Waals surface area contributed by atoms with E-state index in [4.69, 9.17) is 5.73 Å². The molecule has 2 aromatic rings. The Kier molecular flexibility index (Phi) is 3.35. The van der Waals surface area contributed by atoms with Crippen LogP contribution in [0.3, 0.4) is 0 Å². The average Bonchev–Trinajstić information content (AvgIpc) is 2.30. The molecule has 0 spiro atoms. The summed E-state index contributed by atoms with van der Waals surface area (Å²) in [6, 6.07) is 5.50. The minimum atomic E-state index is -0.251. The maximum Gasteiger partial charge on any atom is 0.149 e. The van der Waals surface area contributed by atoms with E-state index in [9.17, 15) is 4.39 Å². The molecule has 0 bridgehead atoms. The minimum absolute atomic E-state index is 0.0176. The molecule has 0 saturated heterocycles. The number of aryl methyl sites for hydroxylation is 1. The standard InChI is InChI=1S/C15H19FN2/c1-10-4-5-18-14-12(10)6-11(7-13(14)16)8-15(2,3)9-17/h4-7H,8-9,17H2,1-3H3. The molecular weight excluding hydrogens is 227 g/mol. The van der Waals surface area contributed by atoms with E-state index in [2.05, 4.69) is 18.8 Å². The van der Waals surface area contributed by atoms with Gasteiger partial charge in [-0.2, -0.15) is 0 Å². The van der Waals surface area contributed by atoms with Crippen molar-refractivity contribution >= 4 is 10.9 Å². The fourth-order valence-electron chi connectivity index (χ4n) is 2.13. The molecule has 0 aliphatic rings. The normalized spacial score (nSPS) is 12.1. The summed E-state index contributed by atoms with van der Waals surface area (Å²) in [7, 11) is 0. The van der Waals surface area contributed by atoms with Crippen molar-refractivity contribution < 1.29 is 4.39 Å². The summed E-state index contributed by atoms with van der Waals surface area (Å²) in [4.78, 5) is 4.10. The van der Waals surface area contributed by atoms with E-state index in [1.807, 2.05) is 19.1 Å². The molecule has 0 amide bonds. The molecule has 0 atom stereocenters. The van der Waals surface area contributed by atoms with Crippen LogP contribution >= 0.6 is 0 Å². The fourth-order valence-corrected chi connectivity index (χ4v) is 2.13. The molecule has 0 radical (unpaired) electrons. The van der Waals surface area contributed by atoms with Crippen LogP contribution < -0.4 is 5.73 Å². The largest absolute Gasteiger partial charge is 0.330 e. The van der Waals surface area contributed by atoms with E-state index in [0.29, 0.717) is 12.1 Å². The maximum absolute atomic E-state index is 14.0. The topological polar surface area (TPSA) is 38.9 Å². The number of rotatable bonds is 3. The summed E-state index contributed by atoms with van der Waals surface area (Å²) in [6.07, 6.45) is 2.41. The van der Waals surface area contributed by atoms with Crippen LogP contribution in [0.4, 0.5) is 4.39 Å². The molecule has 0 aliphatic carbocycles. The highest BCUT2D eigenvalue weighted by molar-refractivity contribution is 5.83. The Labute approximate surface area is 107 Å². The molecule has 1 aromatic heterocycles. The van der Waals surface area contributed by atoms with Crippen LogP contribution in [0.1, 0.15) is 25.0 Å². The number of pyridine rings is 1. The predicted octanol–water partition coefficient (Wildman–Crippen LogP) is 3.21. The van der Waals surface area contributed by atoms with Crippen LogP contribution in [0, 0.1) is 18.2 Å². The molecule has 1 aromatic carbocycles.